The van der Waals surface area contributed by atoms with E-state index >= 15 is 0 Å². The lowest BCUT2D eigenvalue weighted by Gasteiger charge is -2.31. The SMILES string of the molecule is CC/C=C/C/C=C/C/C=C/C/C=C/C/C=C/CCCCCCCCCC(=O)OC(COCCC(C(=O)O)[N+](C)(C)C)COC(=O)CCCCCCC/C=C/CCCCCCCCCCC. The zero-order valence-electron chi connectivity index (χ0n) is 42.7. The Hall–Kier alpha value is -3.23. The molecule has 0 amide bonds. The topological polar surface area (TPSA) is 99.1 Å². The highest BCUT2D eigenvalue weighted by Gasteiger charge is 2.31. The van der Waals surface area contributed by atoms with E-state index in [0.717, 1.165) is 96.3 Å². The maximum absolute atomic E-state index is 12.8. The van der Waals surface area contributed by atoms with Crippen LogP contribution < -0.4 is 0 Å². The van der Waals surface area contributed by atoms with Crippen molar-refractivity contribution in [1.82, 2.24) is 0 Å². The zero-order valence-corrected chi connectivity index (χ0v) is 42.7. The third-order valence-electron chi connectivity index (χ3n) is 11.6. The smallest absolute Gasteiger partial charge is 0.362 e. The van der Waals surface area contributed by atoms with Crippen LogP contribution in [0.1, 0.15) is 219 Å². The Balaban J connectivity index is 4.28. The molecule has 2 atom stereocenters. The van der Waals surface area contributed by atoms with Crippen molar-refractivity contribution in [2.75, 3.05) is 41.0 Å². The summed E-state index contributed by atoms with van der Waals surface area (Å²) >= 11 is 0. The van der Waals surface area contributed by atoms with Crippen LogP contribution in [0.5, 0.6) is 0 Å². The molecule has 2 unspecified atom stereocenters. The number of ether oxygens (including phenoxy) is 3. The number of aliphatic carboxylic acids is 1. The molecule has 0 saturated heterocycles. The summed E-state index contributed by atoms with van der Waals surface area (Å²) in [5.41, 5.74) is 0. The fraction of sp³-hybridized carbons (Fsp3) is 0.737. The van der Waals surface area contributed by atoms with Gasteiger partial charge >= 0.3 is 17.9 Å². The van der Waals surface area contributed by atoms with Gasteiger partial charge in [0.1, 0.15) is 6.61 Å². The van der Waals surface area contributed by atoms with E-state index in [1.54, 1.807) is 0 Å². The van der Waals surface area contributed by atoms with Crippen LogP contribution in [0.4, 0.5) is 0 Å². The number of nitrogens with zero attached hydrogens (tertiary/aromatic N) is 1. The number of carboxylic acid groups (broad SMARTS) is 1. The Morgan fingerprint density at radius 1 is 0.477 bits per heavy atom. The van der Waals surface area contributed by atoms with Crippen molar-refractivity contribution < 1.29 is 38.2 Å². The van der Waals surface area contributed by atoms with Crippen molar-refractivity contribution in [2.24, 2.45) is 0 Å². The molecule has 374 valence electrons. The highest BCUT2D eigenvalue weighted by atomic mass is 16.6. The van der Waals surface area contributed by atoms with Gasteiger partial charge in [-0.1, -0.05) is 189 Å². The second kappa shape index (κ2) is 47.3. The fourth-order valence-electron chi connectivity index (χ4n) is 7.53. The van der Waals surface area contributed by atoms with Crippen molar-refractivity contribution >= 4 is 17.9 Å². The second-order valence-electron chi connectivity index (χ2n) is 18.7. The van der Waals surface area contributed by atoms with Crippen molar-refractivity contribution in [3.8, 4) is 0 Å². The minimum absolute atomic E-state index is 0.0514. The summed E-state index contributed by atoms with van der Waals surface area (Å²) in [6, 6.07) is -0.622. The number of unbranched alkanes of at least 4 members (excludes halogenated alkanes) is 21. The number of allylic oxidation sites excluding steroid dienone is 12. The highest BCUT2D eigenvalue weighted by Crippen LogP contribution is 2.15. The molecule has 0 aromatic heterocycles. The molecular formula is C57H100NO7+. The molecule has 8 heteroatoms. The van der Waals surface area contributed by atoms with E-state index in [-0.39, 0.29) is 36.2 Å². The molecule has 0 heterocycles. The molecule has 0 radical (unpaired) electrons. The molecule has 0 bridgehead atoms. The first-order chi connectivity index (χ1) is 31.6. The second-order valence-corrected chi connectivity index (χ2v) is 18.7. The van der Waals surface area contributed by atoms with Crippen LogP contribution in [-0.2, 0) is 28.6 Å². The van der Waals surface area contributed by atoms with E-state index < -0.39 is 18.1 Å². The largest absolute Gasteiger partial charge is 0.477 e. The van der Waals surface area contributed by atoms with Crippen LogP contribution in [0, 0.1) is 0 Å². The Labute approximate surface area is 400 Å². The third kappa shape index (κ3) is 45.7. The summed E-state index contributed by atoms with van der Waals surface area (Å²) in [7, 11) is 5.53. The first-order valence-corrected chi connectivity index (χ1v) is 26.5. The van der Waals surface area contributed by atoms with Gasteiger partial charge in [0.05, 0.1) is 34.4 Å². The number of carbonyl (C=O) groups excluding carboxylic acids is 2. The van der Waals surface area contributed by atoms with Gasteiger partial charge in [0.25, 0.3) is 0 Å². The van der Waals surface area contributed by atoms with Gasteiger partial charge in [-0.15, -0.1) is 0 Å². The van der Waals surface area contributed by atoms with Crippen LogP contribution in [0.3, 0.4) is 0 Å². The van der Waals surface area contributed by atoms with Crippen LogP contribution >= 0.6 is 0 Å². The Bertz CT molecular complexity index is 1290. The molecule has 0 aliphatic rings. The Morgan fingerprint density at radius 3 is 1.29 bits per heavy atom. The van der Waals surface area contributed by atoms with Crippen molar-refractivity contribution in [3.63, 3.8) is 0 Å². The number of rotatable bonds is 47. The van der Waals surface area contributed by atoms with Gasteiger partial charge in [-0.25, -0.2) is 4.79 Å². The lowest BCUT2D eigenvalue weighted by atomic mass is 10.1. The van der Waals surface area contributed by atoms with Gasteiger partial charge in [-0.3, -0.25) is 9.59 Å². The number of carbonyl (C=O) groups is 3. The summed E-state index contributed by atoms with van der Waals surface area (Å²) in [4.78, 5) is 37.2. The quantitative estimate of drug-likeness (QED) is 0.0281. The summed E-state index contributed by atoms with van der Waals surface area (Å²) in [6.07, 6.45) is 60.9. The standard InChI is InChI=1S/C57H99NO7/c1-6-8-10-12-14-16-18-20-22-24-26-27-28-29-30-32-34-36-38-40-42-44-46-48-56(60)65-53(51-63-50-49-54(57(61)62)58(3,4)5)52-64-55(59)47-45-43-41-39-37-35-33-31-25-23-21-19-17-15-13-11-9-7-2/h8,10,14,16,20,22,26-27,29-31,33,53-54H,6-7,9,11-13,15,17-19,21,23-25,28,32,34-52H2,1-5H3/p+1/b10-8+,16-14+,22-20+,27-26+,30-29+,33-31+. The third-order valence-corrected chi connectivity index (χ3v) is 11.6. The van der Waals surface area contributed by atoms with Crippen LogP contribution in [0.15, 0.2) is 72.9 Å². The zero-order chi connectivity index (χ0) is 47.7. The fourth-order valence-corrected chi connectivity index (χ4v) is 7.53. The highest BCUT2D eigenvalue weighted by molar-refractivity contribution is 5.72. The predicted octanol–water partition coefficient (Wildman–Crippen LogP) is 15.5. The predicted molar refractivity (Wildman–Crippen MR) is 275 cm³/mol. The molecule has 8 nitrogen and oxygen atoms in total. The number of quaternary nitrogens is 1. The molecular weight excluding hydrogens is 811 g/mol. The van der Waals surface area contributed by atoms with E-state index in [4.69, 9.17) is 14.2 Å². The average molecular weight is 911 g/mol. The molecule has 0 spiro atoms. The molecule has 0 fully saturated rings. The molecule has 0 aromatic rings. The maximum Gasteiger partial charge on any atom is 0.362 e. The van der Waals surface area contributed by atoms with Gasteiger partial charge in [-0.2, -0.15) is 0 Å². The van der Waals surface area contributed by atoms with Gasteiger partial charge in [0.15, 0.2) is 12.1 Å². The number of likely N-dealkylation sites (N-methyl/N-ethyl adjacent to an activating group) is 1. The molecule has 0 rings (SSSR count). The van der Waals surface area contributed by atoms with Crippen LogP contribution in [0.2, 0.25) is 0 Å². The Morgan fingerprint density at radius 2 is 0.862 bits per heavy atom. The Kier molecular flexibility index (Phi) is 44.9. The normalized spacial score (nSPS) is 13.4. The molecule has 1 N–H and O–H groups in total. The van der Waals surface area contributed by atoms with Crippen molar-refractivity contribution in [3.05, 3.63) is 72.9 Å². The van der Waals surface area contributed by atoms with E-state index in [1.165, 1.54) is 89.9 Å². The number of esters is 2. The van der Waals surface area contributed by atoms with E-state index in [2.05, 4.69) is 86.8 Å². The van der Waals surface area contributed by atoms with Gasteiger partial charge in [0, 0.05) is 19.3 Å². The van der Waals surface area contributed by atoms with E-state index in [1.807, 2.05) is 21.1 Å². The van der Waals surface area contributed by atoms with Gasteiger partial charge in [-0.05, 0) is 83.5 Å². The summed E-state index contributed by atoms with van der Waals surface area (Å²) in [6.45, 7) is 4.62. The van der Waals surface area contributed by atoms with Crippen molar-refractivity contribution in [1.29, 1.82) is 0 Å². The summed E-state index contributed by atoms with van der Waals surface area (Å²) < 4.78 is 17.4. The number of hydrogen-bond donors (Lipinski definition) is 1. The number of hydrogen-bond acceptors (Lipinski definition) is 6. The van der Waals surface area contributed by atoms with Gasteiger partial charge < -0.3 is 23.8 Å². The van der Waals surface area contributed by atoms with E-state index in [9.17, 15) is 19.5 Å². The molecule has 65 heavy (non-hydrogen) atoms. The summed E-state index contributed by atoms with van der Waals surface area (Å²) in [5, 5.41) is 9.66. The first-order valence-electron chi connectivity index (χ1n) is 26.5. The first kappa shape index (κ1) is 61.8. The van der Waals surface area contributed by atoms with Crippen LogP contribution in [-0.4, -0.2) is 80.6 Å². The molecule has 0 saturated carbocycles. The lowest BCUT2D eigenvalue weighted by molar-refractivity contribution is -0.887. The minimum Gasteiger partial charge on any atom is -0.477 e. The lowest BCUT2D eigenvalue weighted by Crippen LogP contribution is -2.50. The summed E-state index contributed by atoms with van der Waals surface area (Å²) in [5.74, 6) is -1.49. The molecule has 0 aliphatic heterocycles. The van der Waals surface area contributed by atoms with E-state index in [0.29, 0.717) is 19.3 Å². The monoisotopic (exact) mass is 911 g/mol. The van der Waals surface area contributed by atoms with Gasteiger partial charge in [0.2, 0.25) is 0 Å². The minimum atomic E-state index is -0.879. The molecule has 0 aromatic carbocycles. The van der Waals surface area contributed by atoms with Crippen LogP contribution in [0.25, 0.3) is 0 Å². The molecule has 0 aliphatic carbocycles. The van der Waals surface area contributed by atoms with Crippen molar-refractivity contribution in [2.45, 2.75) is 231 Å². The maximum atomic E-state index is 12.8. The number of carboxylic acids is 1. The average Bonchev–Trinajstić information content (AvgIpc) is 3.27.